The molecule has 8 nitrogen and oxygen atoms in total. The Kier molecular flexibility index (Phi) is 4.73. The van der Waals surface area contributed by atoms with Crippen molar-refractivity contribution in [2.24, 2.45) is 0 Å². The summed E-state index contributed by atoms with van der Waals surface area (Å²) in [4.78, 5) is 12.6. The van der Waals surface area contributed by atoms with Crippen LogP contribution in [0.2, 0.25) is 0 Å². The van der Waals surface area contributed by atoms with Crippen LogP contribution in [-0.2, 0) is 9.84 Å². The van der Waals surface area contributed by atoms with Gasteiger partial charge in [-0.15, -0.1) is 10.2 Å². The molecule has 0 atom stereocenters. The normalized spacial score (nSPS) is 11.3. The van der Waals surface area contributed by atoms with Gasteiger partial charge in [-0.3, -0.25) is 4.79 Å². The predicted molar refractivity (Wildman–Crippen MR) is 105 cm³/mol. The minimum atomic E-state index is -3.54. The smallest absolute Gasteiger partial charge is 0.283 e. The zero-order valence-electron chi connectivity index (χ0n) is 15.2. The van der Waals surface area contributed by atoms with Crippen LogP contribution >= 0.6 is 0 Å². The highest BCUT2D eigenvalue weighted by atomic mass is 32.2. The van der Waals surface area contributed by atoms with E-state index in [0.717, 1.165) is 6.26 Å². The highest BCUT2D eigenvalue weighted by molar-refractivity contribution is 7.90. The predicted octanol–water partition coefficient (Wildman–Crippen LogP) is 3.65. The summed E-state index contributed by atoms with van der Waals surface area (Å²) in [5.74, 6) is 0.404. The highest BCUT2D eigenvalue weighted by Gasteiger charge is 2.19. The molecule has 0 fully saturated rings. The lowest BCUT2D eigenvalue weighted by molar-refractivity contribution is 0.102. The third-order valence-electron chi connectivity index (χ3n) is 4.06. The molecule has 9 heteroatoms. The largest absolute Gasteiger partial charge is 0.459 e. The lowest BCUT2D eigenvalue weighted by atomic mass is 10.1. The topological polar surface area (TPSA) is 115 Å². The van der Waals surface area contributed by atoms with Crippen molar-refractivity contribution in [2.75, 3.05) is 11.6 Å². The fourth-order valence-electron chi connectivity index (χ4n) is 2.75. The first-order chi connectivity index (χ1) is 13.9. The Bertz CT molecular complexity index is 1280. The van der Waals surface area contributed by atoms with Crippen LogP contribution in [0, 0.1) is 0 Å². The van der Waals surface area contributed by atoms with Crippen LogP contribution < -0.4 is 5.32 Å². The maximum atomic E-state index is 12.6. The van der Waals surface area contributed by atoms with Crippen LogP contribution in [0.3, 0.4) is 0 Å². The summed E-state index contributed by atoms with van der Waals surface area (Å²) < 4.78 is 34.7. The molecule has 0 radical (unpaired) electrons. The van der Waals surface area contributed by atoms with E-state index in [9.17, 15) is 13.2 Å². The van der Waals surface area contributed by atoms with Gasteiger partial charge in [0.1, 0.15) is 0 Å². The van der Waals surface area contributed by atoms with Gasteiger partial charge in [0.25, 0.3) is 11.8 Å². The number of carbonyl (C=O) groups is 1. The number of sulfone groups is 1. The first kappa shape index (κ1) is 18.6. The number of amides is 1. The standard InChI is InChI=1S/C20H15N3O5S/c1-29(25,26)17-10-3-2-8-15(17)18(24)21-14-7-4-6-13(12-14)19-22-23-20(28-19)16-9-5-11-27-16/h2-12H,1H3,(H,21,24). The van der Waals surface area contributed by atoms with Crippen LogP contribution in [0.5, 0.6) is 0 Å². The van der Waals surface area contributed by atoms with Crippen molar-refractivity contribution < 1.29 is 22.0 Å². The van der Waals surface area contributed by atoms with Crippen molar-refractivity contribution in [2.45, 2.75) is 4.90 Å². The van der Waals surface area contributed by atoms with Crippen molar-refractivity contribution in [3.05, 3.63) is 72.5 Å². The SMILES string of the molecule is CS(=O)(=O)c1ccccc1C(=O)Nc1cccc(-c2nnc(-c3ccco3)o2)c1. The van der Waals surface area contributed by atoms with E-state index in [1.807, 2.05) is 0 Å². The van der Waals surface area contributed by atoms with E-state index < -0.39 is 15.7 Å². The molecule has 1 N–H and O–H groups in total. The highest BCUT2D eigenvalue weighted by Crippen LogP contribution is 2.26. The molecule has 4 aromatic rings. The first-order valence-corrected chi connectivity index (χ1v) is 10.4. The van der Waals surface area contributed by atoms with Crippen LogP contribution in [-0.4, -0.2) is 30.8 Å². The van der Waals surface area contributed by atoms with E-state index in [2.05, 4.69) is 15.5 Å². The van der Waals surface area contributed by atoms with E-state index in [4.69, 9.17) is 8.83 Å². The van der Waals surface area contributed by atoms with Crippen molar-refractivity contribution >= 4 is 21.4 Å². The van der Waals surface area contributed by atoms with E-state index in [1.54, 1.807) is 48.5 Å². The molecule has 0 saturated carbocycles. The molecule has 29 heavy (non-hydrogen) atoms. The van der Waals surface area contributed by atoms with E-state index in [0.29, 0.717) is 17.0 Å². The van der Waals surface area contributed by atoms with Gasteiger partial charge in [0.2, 0.25) is 5.89 Å². The minimum absolute atomic E-state index is 0.0337. The van der Waals surface area contributed by atoms with E-state index in [1.165, 1.54) is 18.4 Å². The van der Waals surface area contributed by atoms with Crippen LogP contribution in [0.15, 0.2) is 80.7 Å². The van der Waals surface area contributed by atoms with Crippen LogP contribution in [0.4, 0.5) is 5.69 Å². The molecule has 0 aliphatic carbocycles. The van der Waals surface area contributed by atoms with Crippen molar-refractivity contribution in [3.8, 4) is 23.1 Å². The molecule has 1 amide bonds. The van der Waals surface area contributed by atoms with Crippen LogP contribution in [0.25, 0.3) is 23.1 Å². The summed E-state index contributed by atoms with van der Waals surface area (Å²) >= 11 is 0. The van der Waals surface area contributed by atoms with Crippen molar-refractivity contribution in [1.82, 2.24) is 10.2 Å². The fraction of sp³-hybridized carbons (Fsp3) is 0.0500. The average molecular weight is 409 g/mol. The van der Waals surface area contributed by atoms with Crippen molar-refractivity contribution in [1.29, 1.82) is 0 Å². The number of aromatic nitrogens is 2. The number of hydrogen-bond donors (Lipinski definition) is 1. The maximum absolute atomic E-state index is 12.6. The number of carbonyl (C=O) groups excluding carboxylic acids is 1. The van der Waals surface area contributed by atoms with E-state index in [-0.39, 0.29) is 22.2 Å². The van der Waals surface area contributed by atoms with Crippen LogP contribution in [0.1, 0.15) is 10.4 Å². The third kappa shape index (κ3) is 3.94. The Balaban J connectivity index is 1.60. The second-order valence-corrected chi connectivity index (χ2v) is 8.18. The summed E-state index contributed by atoms with van der Waals surface area (Å²) in [6.45, 7) is 0. The molecule has 0 aliphatic heterocycles. The summed E-state index contributed by atoms with van der Waals surface area (Å²) in [6, 6.07) is 16.2. The van der Waals surface area contributed by atoms with Gasteiger partial charge < -0.3 is 14.2 Å². The molecule has 0 aliphatic rings. The molecule has 146 valence electrons. The Hall–Kier alpha value is -3.72. The first-order valence-electron chi connectivity index (χ1n) is 8.50. The van der Waals surface area contributed by atoms with Crippen molar-refractivity contribution in [3.63, 3.8) is 0 Å². The van der Waals surface area contributed by atoms with Gasteiger partial charge in [-0.05, 0) is 42.5 Å². The number of nitrogens with one attached hydrogen (secondary N) is 1. The second-order valence-electron chi connectivity index (χ2n) is 6.19. The lowest BCUT2D eigenvalue weighted by Crippen LogP contribution is -2.16. The summed E-state index contributed by atoms with van der Waals surface area (Å²) in [5.41, 5.74) is 1.11. The number of hydrogen-bond acceptors (Lipinski definition) is 7. The number of anilines is 1. The molecule has 4 rings (SSSR count). The Morgan fingerprint density at radius 2 is 1.76 bits per heavy atom. The monoisotopic (exact) mass is 409 g/mol. The zero-order valence-corrected chi connectivity index (χ0v) is 16.0. The van der Waals surface area contributed by atoms with Gasteiger partial charge >= 0.3 is 0 Å². The molecule has 0 spiro atoms. The molecule has 2 aromatic heterocycles. The Morgan fingerprint density at radius 1 is 0.966 bits per heavy atom. The third-order valence-corrected chi connectivity index (χ3v) is 5.21. The van der Waals surface area contributed by atoms with Gasteiger partial charge in [0.05, 0.1) is 16.7 Å². The molecular formula is C20H15N3O5S. The minimum Gasteiger partial charge on any atom is -0.459 e. The molecule has 0 bridgehead atoms. The molecule has 0 saturated heterocycles. The summed E-state index contributed by atoms with van der Waals surface area (Å²) in [5, 5.41) is 10.6. The lowest BCUT2D eigenvalue weighted by Gasteiger charge is -2.09. The van der Waals surface area contributed by atoms with E-state index >= 15 is 0 Å². The second kappa shape index (κ2) is 7.36. The molecule has 2 heterocycles. The molecule has 0 unspecified atom stereocenters. The zero-order chi connectivity index (χ0) is 20.4. The summed E-state index contributed by atoms with van der Waals surface area (Å²) in [6.07, 6.45) is 2.57. The van der Waals surface area contributed by atoms with Gasteiger partial charge in [-0.1, -0.05) is 18.2 Å². The van der Waals surface area contributed by atoms with Gasteiger partial charge in [0.15, 0.2) is 15.6 Å². The Morgan fingerprint density at radius 3 is 2.52 bits per heavy atom. The quantitative estimate of drug-likeness (QED) is 0.535. The fourth-order valence-corrected chi connectivity index (χ4v) is 3.63. The Labute approximate surface area is 166 Å². The van der Waals surface area contributed by atoms with Gasteiger partial charge in [-0.25, -0.2) is 8.42 Å². The number of furan rings is 1. The maximum Gasteiger partial charge on any atom is 0.283 e. The number of nitrogens with zero attached hydrogens (tertiary/aromatic N) is 2. The average Bonchev–Trinajstić information content (AvgIpc) is 3.39. The molecule has 2 aromatic carbocycles. The van der Waals surface area contributed by atoms with Gasteiger partial charge in [0, 0.05) is 17.5 Å². The number of benzene rings is 2. The molecular weight excluding hydrogens is 394 g/mol. The van der Waals surface area contributed by atoms with Gasteiger partial charge in [-0.2, -0.15) is 0 Å². The number of rotatable bonds is 5. The summed E-state index contributed by atoms with van der Waals surface area (Å²) in [7, 11) is -3.54.